The van der Waals surface area contributed by atoms with Crippen LogP contribution in [0.2, 0.25) is 0 Å². The van der Waals surface area contributed by atoms with E-state index in [1.54, 1.807) is 0 Å². The van der Waals surface area contributed by atoms with Crippen LogP contribution in [0.5, 0.6) is 0 Å². The zero-order valence-electron chi connectivity index (χ0n) is 10.1. The molecule has 0 aliphatic heterocycles. The molecule has 0 saturated carbocycles. The second-order valence-corrected chi connectivity index (χ2v) is 5.06. The molecular formula is C13H20N2S. The van der Waals surface area contributed by atoms with Crippen LogP contribution in [0.3, 0.4) is 0 Å². The van der Waals surface area contributed by atoms with Crippen molar-refractivity contribution in [3.63, 3.8) is 0 Å². The van der Waals surface area contributed by atoms with Gasteiger partial charge in [-0.2, -0.15) is 0 Å². The van der Waals surface area contributed by atoms with Gasteiger partial charge in [0.1, 0.15) is 0 Å². The number of terminal acetylenes is 1. The number of nitrogens with zero attached hydrogens (tertiary/aromatic N) is 1. The average Bonchev–Trinajstić information content (AvgIpc) is 2.75. The molecule has 1 rings (SSSR count). The van der Waals surface area contributed by atoms with E-state index in [1.165, 1.54) is 4.88 Å². The molecular weight excluding hydrogens is 216 g/mol. The van der Waals surface area contributed by atoms with Gasteiger partial charge in [0.05, 0.1) is 6.54 Å². The van der Waals surface area contributed by atoms with Gasteiger partial charge in [0.25, 0.3) is 0 Å². The lowest BCUT2D eigenvalue weighted by Crippen LogP contribution is -2.36. The molecule has 0 unspecified atom stereocenters. The monoisotopic (exact) mass is 236 g/mol. The van der Waals surface area contributed by atoms with Crippen LogP contribution < -0.4 is 5.32 Å². The van der Waals surface area contributed by atoms with Gasteiger partial charge in [-0.3, -0.25) is 4.90 Å². The number of thiophene rings is 1. The third kappa shape index (κ3) is 4.80. The van der Waals surface area contributed by atoms with Crippen molar-refractivity contribution in [1.29, 1.82) is 0 Å². The molecule has 0 spiro atoms. The van der Waals surface area contributed by atoms with Gasteiger partial charge in [-0.15, -0.1) is 17.8 Å². The van der Waals surface area contributed by atoms with Gasteiger partial charge in [-0.05, 0) is 25.3 Å². The molecule has 0 fully saturated rings. The second kappa shape index (κ2) is 7.45. The summed E-state index contributed by atoms with van der Waals surface area (Å²) >= 11 is 1.82. The van der Waals surface area contributed by atoms with Crippen molar-refractivity contribution in [2.75, 3.05) is 19.6 Å². The molecule has 3 heteroatoms. The first-order valence-electron chi connectivity index (χ1n) is 5.64. The van der Waals surface area contributed by atoms with Crippen LogP contribution in [-0.2, 0) is 6.54 Å². The van der Waals surface area contributed by atoms with Crippen molar-refractivity contribution in [2.24, 2.45) is 0 Å². The van der Waals surface area contributed by atoms with Gasteiger partial charge >= 0.3 is 0 Å². The summed E-state index contributed by atoms with van der Waals surface area (Å²) in [7, 11) is 0. The molecule has 0 atom stereocenters. The van der Waals surface area contributed by atoms with Crippen molar-refractivity contribution in [2.45, 2.75) is 26.4 Å². The summed E-state index contributed by atoms with van der Waals surface area (Å²) in [4.78, 5) is 3.88. The Morgan fingerprint density at radius 1 is 1.56 bits per heavy atom. The molecule has 0 aliphatic rings. The molecule has 0 radical (unpaired) electrons. The molecule has 0 bridgehead atoms. The summed E-state index contributed by atoms with van der Waals surface area (Å²) in [6.45, 7) is 8.15. The van der Waals surface area contributed by atoms with Crippen LogP contribution in [0, 0.1) is 12.3 Å². The fourth-order valence-corrected chi connectivity index (χ4v) is 2.24. The summed E-state index contributed by atoms with van der Waals surface area (Å²) in [5.41, 5.74) is 0. The van der Waals surface area contributed by atoms with Crippen molar-refractivity contribution in [3.8, 4) is 12.3 Å². The Hall–Kier alpha value is -0.820. The van der Waals surface area contributed by atoms with Gasteiger partial charge in [0.2, 0.25) is 0 Å². The highest BCUT2D eigenvalue weighted by molar-refractivity contribution is 7.09. The highest BCUT2D eigenvalue weighted by atomic mass is 32.1. The number of hydrogen-bond acceptors (Lipinski definition) is 3. The highest BCUT2D eigenvalue weighted by Crippen LogP contribution is 2.13. The van der Waals surface area contributed by atoms with E-state index in [1.807, 2.05) is 11.3 Å². The molecule has 88 valence electrons. The zero-order valence-corrected chi connectivity index (χ0v) is 10.9. The van der Waals surface area contributed by atoms with E-state index in [4.69, 9.17) is 6.42 Å². The zero-order chi connectivity index (χ0) is 11.8. The first kappa shape index (κ1) is 13.2. The Labute approximate surface area is 103 Å². The second-order valence-electron chi connectivity index (χ2n) is 4.02. The fraction of sp³-hybridized carbons (Fsp3) is 0.538. The minimum atomic E-state index is 0.565. The van der Waals surface area contributed by atoms with E-state index in [2.05, 4.69) is 47.5 Å². The lowest BCUT2D eigenvalue weighted by atomic mass is 10.3. The van der Waals surface area contributed by atoms with Crippen LogP contribution in [0.4, 0.5) is 0 Å². The summed E-state index contributed by atoms with van der Waals surface area (Å²) < 4.78 is 0. The number of nitrogens with one attached hydrogen (secondary N) is 1. The summed E-state index contributed by atoms with van der Waals surface area (Å²) in [5, 5.41) is 5.36. The Kier molecular flexibility index (Phi) is 6.17. The Bertz CT molecular complexity index is 311. The summed E-state index contributed by atoms with van der Waals surface area (Å²) in [5.74, 6) is 2.59. The molecule has 0 aliphatic carbocycles. The summed E-state index contributed by atoms with van der Waals surface area (Å²) in [6.07, 6.45) is 5.19. The Balaban J connectivity index is 2.34. The quantitative estimate of drug-likeness (QED) is 0.576. The molecule has 2 nitrogen and oxygen atoms in total. The largest absolute Gasteiger partial charge is 0.305 e. The first-order valence-corrected chi connectivity index (χ1v) is 6.52. The van der Waals surface area contributed by atoms with Gasteiger partial charge in [-0.25, -0.2) is 0 Å². The SMILES string of the molecule is C#CCNCCN(Cc1cccs1)C(C)C. The van der Waals surface area contributed by atoms with Crippen LogP contribution in [0.15, 0.2) is 17.5 Å². The van der Waals surface area contributed by atoms with Crippen LogP contribution >= 0.6 is 11.3 Å². The molecule has 1 heterocycles. The molecule has 1 aromatic heterocycles. The normalized spacial score (nSPS) is 10.9. The summed E-state index contributed by atoms with van der Waals surface area (Å²) in [6, 6.07) is 4.86. The standard InChI is InChI=1S/C13H20N2S/c1-4-7-14-8-9-15(12(2)3)11-13-6-5-10-16-13/h1,5-6,10,12,14H,7-9,11H2,2-3H3. The van der Waals surface area contributed by atoms with Crippen molar-refractivity contribution in [1.82, 2.24) is 10.2 Å². The van der Waals surface area contributed by atoms with Crippen molar-refractivity contribution < 1.29 is 0 Å². The van der Waals surface area contributed by atoms with Crippen LogP contribution in [0.1, 0.15) is 18.7 Å². The smallest absolute Gasteiger partial charge is 0.0574 e. The third-order valence-corrected chi connectivity index (χ3v) is 3.33. The Morgan fingerprint density at radius 3 is 2.94 bits per heavy atom. The predicted octanol–water partition coefficient (Wildman–Crippen LogP) is 2.18. The molecule has 0 saturated heterocycles. The number of hydrogen-bond donors (Lipinski definition) is 1. The van der Waals surface area contributed by atoms with Gasteiger partial charge in [-0.1, -0.05) is 12.0 Å². The maximum absolute atomic E-state index is 5.19. The van der Waals surface area contributed by atoms with E-state index in [9.17, 15) is 0 Å². The minimum absolute atomic E-state index is 0.565. The van der Waals surface area contributed by atoms with E-state index >= 15 is 0 Å². The van der Waals surface area contributed by atoms with Crippen molar-refractivity contribution in [3.05, 3.63) is 22.4 Å². The maximum Gasteiger partial charge on any atom is 0.0574 e. The topological polar surface area (TPSA) is 15.3 Å². The van der Waals surface area contributed by atoms with Crippen molar-refractivity contribution >= 4 is 11.3 Å². The molecule has 1 N–H and O–H groups in total. The van der Waals surface area contributed by atoms with Gasteiger partial charge < -0.3 is 5.32 Å². The van der Waals surface area contributed by atoms with Crippen LogP contribution in [-0.4, -0.2) is 30.6 Å². The first-order chi connectivity index (χ1) is 7.74. The van der Waals surface area contributed by atoms with E-state index < -0.39 is 0 Å². The lowest BCUT2D eigenvalue weighted by molar-refractivity contribution is 0.216. The van der Waals surface area contributed by atoms with Gasteiger partial charge in [0, 0.05) is 30.6 Å². The minimum Gasteiger partial charge on any atom is -0.305 e. The fourth-order valence-electron chi connectivity index (χ4n) is 1.51. The average molecular weight is 236 g/mol. The van der Waals surface area contributed by atoms with E-state index in [-0.39, 0.29) is 0 Å². The van der Waals surface area contributed by atoms with E-state index in [0.29, 0.717) is 12.6 Å². The number of rotatable bonds is 7. The van der Waals surface area contributed by atoms with Gasteiger partial charge in [0.15, 0.2) is 0 Å². The molecule has 16 heavy (non-hydrogen) atoms. The molecule has 1 aromatic rings. The molecule has 0 amide bonds. The third-order valence-electron chi connectivity index (χ3n) is 2.47. The predicted molar refractivity (Wildman–Crippen MR) is 71.6 cm³/mol. The lowest BCUT2D eigenvalue weighted by Gasteiger charge is -2.25. The maximum atomic E-state index is 5.19. The molecule has 0 aromatic carbocycles. The van der Waals surface area contributed by atoms with E-state index in [0.717, 1.165) is 19.6 Å². The van der Waals surface area contributed by atoms with Crippen LogP contribution in [0.25, 0.3) is 0 Å². The highest BCUT2D eigenvalue weighted by Gasteiger charge is 2.09. The Morgan fingerprint density at radius 2 is 2.38 bits per heavy atom.